The van der Waals surface area contributed by atoms with Crippen molar-refractivity contribution in [3.05, 3.63) is 45.0 Å². The average Bonchev–Trinajstić information content (AvgIpc) is 2.59. The molecule has 2 rings (SSSR count). The van der Waals surface area contributed by atoms with E-state index in [2.05, 4.69) is 5.32 Å². The number of carboxylic acid groups (broad SMARTS) is 1. The van der Waals surface area contributed by atoms with Crippen LogP contribution in [0.25, 0.3) is 0 Å². The lowest BCUT2D eigenvalue weighted by Gasteiger charge is -2.23. The number of halogens is 2. The van der Waals surface area contributed by atoms with Gasteiger partial charge < -0.3 is 20.0 Å². The van der Waals surface area contributed by atoms with E-state index in [1.165, 1.54) is 25.3 Å². The van der Waals surface area contributed by atoms with Gasteiger partial charge in [0.2, 0.25) is 5.91 Å². The maximum atomic E-state index is 12.6. The van der Waals surface area contributed by atoms with E-state index in [9.17, 15) is 19.5 Å². The summed E-state index contributed by atoms with van der Waals surface area (Å²) in [5.74, 6) is -2.76. The number of hydrogen-bond acceptors (Lipinski definition) is 5. The Morgan fingerprint density at radius 2 is 1.80 bits per heavy atom. The van der Waals surface area contributed by atoms with E-state index in [0.717, 1.165) is 0 Å². The van der Waals surface area contributed by atoms with E-state index in [1.807, 2.05) is 0 Å². The second-order valence-corrected chi connectivity index (χ2v) is 6.39. The van der Waals surface area contributed by atoms with Crippen LogP contribution in [0.2, 0.25) is 10.0 Å². The van der Waals surface area contributed by atoms with Crippen LogP contribution < -0.4 is 10.4 Å². The number of methoxy groups -OCH3 is 1. The van der Waals surface area contributed by atoms with Gasteiger partial charge >= 0.3 is 5.97 Å². The molecule has 0 heterocycles. The second-order valence-electron chi connectivity index (χ2n) is 5.55. The van der Waals surface area contributed by atoms with E-state index in [1.54, 1.807) is 0 Å². The number of ether oxygens (including phenoxy) is 1. The quantitative estimate of drug-likeness (QED) is 0.782. The lowest BCUT2D eigenvalue weighted by molar-refractivity contribution is -0.299. The van der Waals surface area contributed by atoms with Crippen molar-refractivity contribution in [2.45, 2.75) is 31.7 Å². The molecular weight excluding hydrogens is 369 g/mol. The molecule has 1 atom stereocenters. The van der Waals surface area contributed by atoms with E-state index < -0.39 is 23.9 Å². The molecule has 1 N–H and O–H groups in total. The monoisotopic (exact) mass is 384 g/mol. The maximum Gasteiger partial charge on any atom is 0.333 e. The number of carboxylic acids is 1. The minimum absolute atomic E-state index is 0.0328. The van der Waals surface area contributed by atoms with Gasteiger partial charge in [-0.3, -0.25) is 4.79 Å². The Bertz CT molecular complexity index is 745. The van der Waals surface area contributed by atoms with E-state index >= 15 is 0 Å². The summed E-state index contributed by atoms with van der Waals surface area (Å²) in [6.45, 7) is 0. The Balaban J connectivity index is 2.35. The van der Waals surface area contributed by atoms with Crippen molar-refractivity contribution >= 4 is 41.0 Å². The number of benzene rings is 1. The molecule has 1 aliphatic carbocycles. The summed E-state index contributed by atoms with van der Waals surface area (Å²) >= 11 is 12.0. The normalized spacial score (nSPS) is 15.5. The van der Waals surface area contributed by atoms with Gasteiger partial charge in [-0.05, 0) is 43.4 Å². The molecule has 1 amide bonds. The highest BCUT2D eigenvalue weighted by molar-refractivity contribution is 6.35. The third-order valence-electron chi connectivity index (χ3n) is 3.97. The number of aliphatic carboxylic acids is 1. The van der Waals surface area contributed by atoms with Gasteiger partial charge in [-0.25, -0.2) is 4.79 Å². The molecule has 0 spiro atoms. The van der Waals surface area contributed by atoms with Crippen LogP contribution in [-0.2, 0) is 19.1 Å². The highest BCUT2D eigenvalue weighted by Gasteiger charge is 2.28. The SMILES string of the molecule is COC(=O)[C@H](NC(=O)C1=C(C(=O)[O-])CCCC1)c1ccc(Cl)cc1Cl. The summed E-state index contributed by atoms with van der Waals surface area (Å²) < 4.78 is 4.72. The van der Waals surface area contributed by atoms with Crippen molar-refractivity contribution in [1.82, 2.24) is 5.32 Å². The van der Waals surface area contributed by atoms with Gasteiger partial charge in [-0.15, -0.1) is 0 Å². The van der Waals surface area contributed by atoms with Gasteiger partial charge in [-0.1, -0.05) is 29.3 Å². The number of carbonyl (C=O) groups excluding carboxylic acids is 3. The lowest BCUT2D eigenvalue weighted by atomic mass is 9.91. The molecule has 0 saturated carbocycles. The first-order chi connectivity index (χ1) is 11.8. The molecule has 0 aliphatic heterocycles. The zero-order chi connectivity index (χ0) is 18.6. The van der Waals surface area contributed by atoms with Gasteiger partial charge in [0.15, 0.2) is 6.04 Å². The number of rotatable bonds is 5. The van der Waals surface area contributed by atoms with Crippen molar-refractivity contribution in [1.29, 1.82) is 0 Å². The fraction of sp³-hybridized carbons (Fsp3) is 0.353. The maximum absolute atomic E-state index is 12.6. The predicted molar refractivity (Wildman–Crippen MR) is 89.9 cm³/mol. The first-order valence-corrected chi connectivity index (χ1v) is 8.37. The third-order valence-corrected chi connectivity index (χ3v) is 4.54. The van der Waals surface area contributed by atoms with Crippen LogP contribution in [0, 0.1) is 0 Å². The summed E-state index contributed by atoms with van der Waals surface area (Å²) in [5.41, 5.74) is 0.387. The molecule has 0 aromatic heterocycles. The second kappa shape index (κ2) is 8.36. The van der Waals surface area contributed by atoms with E-state index in [-0.39, 0.29) is 22.6 Å². The predicted octanol–water partition coefficient (Wildman–Crippen LogP) is 1.94. The third kappa shape index (κ3) is 4.52. The minimum atomic E-state index is -1.37. The fourth-order valence-electron chi connectivity index (χ4n) is 2.72. The van der Waals surface area contributed by atoms with Gasteiger partial charge in [0, 0.05) is 21.2 Å². The van der Waals surface area contributed by atoms with Crippen molar-refractivity contribution in [2.75, 3.05) is 7.11 Å². The molecular formula is C17H16Cl2NO5-. The molecule has 1 aliphatic rings. The van der Waals surface area contributed by atoms with Crippen molar-refractivity contribution < 1.29 is 24.2 Å². The van der Waals surface area contributed by atoms with E-state index in [4.69, 9.17) is 27.9 Å². The topological polar surface area (TPSA) is 95.5 Å². The average molecular weight is 385 g/mol. The summed E-state index contributed by atoms with van der Waals surface area (Å²) in [4.78, 5) is 35.9. The highest BCUT2D eigenvalue weighted by atomic mass is 35.5. The van der Waals surface area contributed by atoms with Gasteiger partial charge in [-0.2, -0.15) is 0 Å². The molecule has 25 heavy (non-hydrogen) atoms. The van der Waals surface area contributed by atoms with Crippen LogP contribution in [-0.4, -0.2) is 25.0 Å². The molecule has 0 fully saturated rings. The Labute approximate surface area is 154 Å². The zero-order valence-corrected chi connectivity index (χ0v) is 14.9. The van der Waals surface area contributed by atoms with Crippen LogP contribution in [0.1, 0.15) is 37.3 Å². The van der Waals surface area contributed by atoms with Crippen molar-refractivity contribution in [3.63, 3.8) is 0 Å². The summed E-state index contributed by atoms with van der Waals surface area (Å²) in [5, 5.41) is 14.3. The summed E-state index contributed by atoms with van der Waals surface area (Å²) in [7, 11) is 1.18. The standard InChI is InChI=1S/C17H17Cl2NO5/c1-25-17(24)14(12-7-6-9(18)8-13(12)19)20-15(21)10-4-2-3-5-11(10)16(22)23/h6-8,14H,2-5H2,1H3,(H,20,21)(H,22,23)/p-1/t14-/m1/s1. The molecule has 1 aromatic rings. The van der Waals surface area contributed by atoms with Crippen molar-refractivity contribution in [3.8, 4) is 0 Å². The highest BCUT2D eigenvalue weighted by Crippen LogP contribution is 2.29. The number of nitrogens with one attached hydrogen (secondary N) is 1. The molecule has 0 saturated heterocycles. The van der Waals surface area contributed by atoms with Gasteiger partial charge in [0.25, 0.3) is 0 Å². The van der Waals surface area contributed by atoms with Crippen LogP contribution in [0.5, 0.6) is 0 Å². The number of amides is 1. The Morgan fingerprint density at radius 1 is 1.16 bits per heavy atom. The molecule has 6 nitrogen and oxygen atoms in total. The number of esters is 1. The molecule has 0 radical (unpaired) electrons. The number of hydrogen-bond donors (Lipinski definition) is 1. The summed E-state index contributed by atoms with van der Waals surface area (Å²) in [6.07, 6.45) is 1.92. The molecule has 0 bridgehead atoms. The zero-order valence-electron chi connectivity index (χ0n) is 13.4. The van der Waals surface area contributed by atoms with Crippen LogP contribution in [0.15, 0.2) is 29.3 Å². The summed E-state index contributed by atoms with van der Waals surface area (Å²) in [6, 6.07) is 3.28. The first-order valence-electron chi connectivity index (χ1n) is 7.62. The molecule has 8 heteroatoms. The lowest BCUT2D eigenvalue weighted by Crippen LogP contribution is -2.38. The number of carbonyl (C=O) groups is 3. The molecule has 134 valence electrons. The smallest absolute Gasteiger partial charge is 0.333 e. The van der Waals surface area contributed by atoms with Crippen LogP contribution in [0.3, 0.4) is 0 Å². The fourth-order valence-corrected chi connectivity index (χ4v) is 3.23. The largest absolute Gasteiger partial charge is 0.545 e. The van der Waals surface area contributed by atoms with Crippen molar-refractivity contribution in [2.24, 2.45) is 0 Å². The Morgan fingerprint density at radius 3 is 2.36 bits per heavy atom. The van der Waals surface area contributed by atoms with Gasteiger partial charge in [0.05, 0.1) is 13.1 Å². The van der Waals surface area contributed by atoms with Crippen LogP contribution in [0.4, 0.5) is 0 Å². The Kier molecular flexibility index (Phi) is 6.45. The Hall–Kier alpha value is -2.05. The minimum Gasteiger partial charge on any atom is -0.545 e. The first kappa shape index (κ1) is 19.3. The van der Waals surface area contributed by atoms with Crippen LogP contribution >= 0.6 is 23.2 Å². The van der Waals surface area contributed by atoms with E-state index in [0.29, 0.717) is 29.8 Å². The molecule has 1 aromatic carbocycles. The molecule has 0 unspecified atom stereocenters. The van der Waals surface area contributed by atoms with Gasteiger partial charge in [0.1, 0.15) is 0 Å².